The van der Waals surface area contributed by atoms with E-state index in [9.17, 15) is 0 Å². The summed E-state index contributed by atoms with van der Waals surface area (Å²) in [6, 6.07) is 0. The summed E-state index contributed by atoms with van der Waals surface area (Å²) in [6.45, 7) is 1.91. The highest BCUT2D eigenvalue weighted by Gasteiger charge is 1.27. The second kappa shape index (κ2) is 18.2. The van der Waals surface area contributed by atoms with Crippen molar-refractivity contribution in [1.82, 2.24) is 0 Å². The smallest absolute Gasteiger partial charge is 0.0118 e. The molecule has 0 aliphatic rings. The highest BCUT2D eigenvalue weighted by molar-refractivity contribution is 7.96. The Labute approximate surface area is 42.3 Å². The lowest BCUT2D eigenvalue weighted by molar-refractivity contribution is -0.465. The molecule has 0 saturated heterocycles. The van der Waals surface area contributed by atoms with E-state index in [0.717, 1.165) is 7.36 Å². The predicted molar refractivity (Wildman–Crippen MR) is 26.6 cm³/mol. The third-order valence-electron chi connectivity index (χ3n) is 0. The molecule has 0 rings (SSSR count). The Morgan fingerprint density at radius 2 is 1.67 bits per heavy atom. The van der Waals surface area contributed by atoms with E-state index in [1.807, 2.05) is 6.66 Å². The Balaban J connectivity index is 0. The molecule has 2 N–H and O–H groups in total. The quantitative estimate of drug-likeness (QED) is 0.290. The fraction of sp³-hybridized carbons (Fsp3) is 1.00. The van der Waals surface area contributed by atoms with Gasteiger partial charge >= 0.3 is 0 Å². The van der Waals surface area contributed by atoms with Gasteiger partial charge in [-0.15, -0.1) is 0 Å². The maximum absolute atomic E-state index is 6.62. The van der Waals surface area contributed by atoms with E-state index in [2.05, 4.69) is 16.8 Å². The first-order valence-corrected chi connectivity index (χ1v) is 3.35. The van der Waals surface area contributed by atoms with Gasteiger partial charge in [0.15, 0.2) is 0 Å². The van der Waals surface area contributed by atoms with Gasteiger partial charge in [-0.2, -0.15) is 0 Å². The molecule has 0 amide bonds. The third-order valence-corrected chi connectivity index (χ3v) is 0. The molecule has 0 aromatic rings. The van der Waals surface area contributed by atoms with E-state index in [-0.39, 0.29) is 0 Å². The zero-order valence-electron chi connectivity index (χ0n) is 3.16. The Bertz CT molecular complexity index is 24.8. The molecule has 6 heavy (non-hydrogen) atoms. The Morgan fingerprint density at radius 3 is 1.67 bits per heavy atom. The molecule has 0 fully saturated rings. The van der Waals surface area contributed by atoms with Crippen molar-refractivity contribution in [2.45, 2.75) is 0 Å². The average molecular weight is 128 g/mol. The van der Waals surface area contributed by atoms with Crippen LogP contribution in [0, 0.1) is 0 Å². The fourth-order valence-electron chi connectivity index (χ4n) is 0. The van der Waals surface area contributed by atoms with E-state index in [1.165, 1.54) is 0 Å². The number of hydrogen-bond donors (Lipinski definition) is 2. The summed E-state index contributed by atoms with van der Waals surface area (Å²) in [6.07, 6.45) is 0. The van der Waals surface area contributed by atoms with Crippen molar-refractivity contribution in [3.05, 3.63) is 0 Å². The second-order valence-corrected chi connectivity index (χ2v) is 1.72. The predicted octanol–water partition coefficient (Wildman–Crippen LogP) is 0.973. The molecule has 38 valence electrons. The molecule has 0 spiro atoms. The molecule has 0 aromatic carbocycles. The Kier molecular flexibility index (Phi) is 29.2. The molecule has 0 unspecified atom stereocenters. The minimum absolute atomic E-state index is 1.00. The van der Waals surface area contributed by atoms with Crippen LogP contribution in [0.1, 0.15) is 0 Å². The van der Waals surface area contributed by atoms with E-state index in [0.29, 0.717) is 0 Å². The lowest BCUT2D eigenvalue weighted by Crippen LogP contribution is -1.60. The summed E-state index contributed by atoms with van der Waals surface area (Å²) in [5.41, 5.74) is 0. The van der Waals surface area contributed by atoms with Gasteiger partial charge in [0.2, 0.25) is 0 Å². The summed E-state index contributed by atoms with van der Waals surface area (Å²) < 4.78 is 0. The van der Waals surface area contributed by atoms with Gasteiger partial charge in [-0.05, 0) is 14.0 Å². The van der Waals surface area contributed by atoms with Crippen LogP contribution in [-0.2, 0) is 16.8 Å². The minimum Gasteiger partial charge on any atom is -0.221 e. The fourth-order valence-corrected chi connectivity index (χ4v) is 0. The first kappa shape index (κ1) is 9.64. The zero-order chi connectivity index (χ0) is 5.41. The molecular formula is CH5O3PS. The van der Waals surface area contributed by atoms with Crippen molar-refractivity contribution in [3.8, 4) is 0 Å². The standard InChI is InChI=1S/CH3PS.H2O3/c1-2-3;1-3-2/h1H3;1-2H. The third kappa shape index (κ3) is 318. The molecule has 0 aromatic heterocycles. The Morgan fingerprint density at radius 1 is 1.67 bits per heavy atom. The molecule has 0 heterocycles. The first-order chi connectivity index (χ1) is 2.83. The summed E-state index contributed by atoms with van der Waals surface area (Å²) in [5, 5.41) is 15.5. The molecular weight excluding hydrogens is 123 g/mol. The highest BCUT2D eigenvalue weighted by atomic mass is 32.4. The second-order valence-electron chi connectivity index (χ2n) is 0.264. The Hall–Kier alpha value is 0.400. The van der Waals surface area contributed by atoms with Gasteiger partial charge in [0.05, 0.1) is 0 Å². The number of hydrogen-bond acceptors (Lipinski definition) is 4. The van der Waals surface area contributed by atoms with E-state index in [4.69, 9.17) is 10.5 Å². The molecule has 0 radical (unpaired) electrons. The van der Waals surface area contributed by atoms with Crippen LogP contribution in [0.2, 0.25) is 0 Å². The van der Waals surface area contributed by atoms with Crippen molar-refractivity contribution >= 4 is 19.2 Å². The average Bonchev–Trinajstić information content (AvgIpc) is 1.39. The SMILES string of the molecule is CP=S.OOO. The van der Waals surface area contributed by atoms with Gasteiger partial charge in [-0.25, -0.2) is 10.5 Å². The van der Waals surface area contributed by atoms with E-state index >= 15 is 0 Å². The van der Waals surface area contributed by atoms with Crippen LogP contribution >= 0.6 is 7.36 Å². The van der Waals surface area contributed by atoms with Crippen LogP contribution in [0.25, 0.3) is 0 Å². The molecule has 0 atom stereocenters. The van der Waals surface area contributed by atoms with E-state index < -0.39 is 0 Å². The molecule has 5 heteroatoms. The topological polar surface area (TPSA) is 49.7 Å². The van der Waals surface area contributed by atoms with Crippen LogP contribution in [0.15, 0.2) is 0 Å². The lowest BCUT2D eigenvalue weighted by Gasteiger charge is -1.56. The van der Waals surface area contributed by atoms with Crippen LogP contribution in [-0.4, -0.2) is 17.2 Å². The summed E-state index contributed by atoms with van der Waals surface area (Å²) in [5.74, 6) is 0. The van der Waals surface area contributed by atoms with Gasteiger partial charge in [-0.1, -0.05) is 16.8 Å². The summed E-state index contributed by atoms with van der Waals surface area (Å²) in [4.78, 5) is 0. The monoisotopic (exact) mass is 128 g/mol. The van der Waals surface area contributed by atoms with Gasteiger partial charge in [-0.3, -0.25) is 0 Å². The van der Waals surface area contributed by atoms with E-state index in [1.54, 1.807) is 0 Å². The van der Waals surface area contributed by atoms with Crippen molar-refractivity contribution in [2.75, 3.05) is 6.66 Å². The van der Waals surface area contributed by atoms with Crippen LogP contribution in [0.4, 0.5) is 0 Å². The van der Waals surface area contributed by atoms with Gasteiger partial charge in [0.1, 0.15) is 0 Å². The number of rotatable bonds is 0. The molecule has 3 nitrogen and oxygen atoms in total. The van der Waals surface area contributed by atoms with Crippen LogP contribution < -0.4 is 0 Å². The highest BCUT2D eigenvalue weighted by Crippen LogP contribution is 1.69. The normalized spacial score (nSPS) is 6.50. The van der Waals surface area contributed by atoms with Crippen molar-refractivity contribution in [1.29, 1.82) is 0 Å². The summed E-state index contributed by atoms with van der Waals surface area (Å²) in [7, 11) is 1.00. The first-order valence-electron chi connectivity index (χ1n) is 0.995. The lowest BCUT2D eigenvalue weighted by atomic mass is 12.0. The van der Waals surface area contributed by atoms with Crippen molar-refractivity contribution in [3.63, 3.8) is 0 Å². The molecule has 0 bridgehead atoms. The molecule has 0 saturated carbocycles. The van der Waals surface area contributed by atoms with Crippen LogP contribution in [0.5, 0.6) is 0 Å². The minimum atomic E-state index is 1.00. The summed E-state index contributed by atoms with van der Waals surface area (Å²) >= 11 is 4.37. The van der Waals surface area contributed by atoms with Crippen molar-refractivity contribution in [2.24, 2.45) is 0 Å². The van der Waals surface area contributed by atoms with Crippen molar-refractivity contribution < 1.29 is 15.6 Å². The maximum atomic E-state index is 6.62. The van der Waals surface area contributed by atoms with Gasteiger partial charge < -0.3 is 0 Å². The molecule has 0 aliphatic carbocycles. The zero-order valence-corrected chi connectivity index (χ0v) is 4.87. The largest absolute Gasteiger partial charge is 0.221 e. The molecule has 0 aliphatic heterocycles. The maximum Gasteiger partial charge on any atom is -0.0118 e. The van der Waals surface area contributed by atoms with Gasteiger partial charge in [0, 0.05) is 0 Å². The van der Waals surface area contributed by atoms with Gasteiger partial charge in [0.25, 0.3) is 0 Å². The van der Waals surface area contributed by atoms with Crippen LogP contribution in [0.3, 0.4) is 0 Å².